The highest BCUT2D eigenvalue weighted by atomic mass is 19.4. The van der Waals surface area contributed by atoms with Gasteiger partial charge in [-0.1, -0.05) is 0 Å². The fourth-order valence-corrected chi connectivity index (χ4v) is 5.11. The Balaban J connectivity index is 1.59. The molecule has 4 fully saturated rings. The predicted molar refractivity (Wildman–Crippen MR) is 64.3 cm³/mol. The van der Waals surface area contributed by atoms with Crippen molar-refractivity contribution in [3.8, 4) is 0 Å². The van der Waals surface area contributed by atoms with Crippen LogP contribution in [0, 0.1) is 23.2 Å². The lowest BCUT2D eigenvalue weighted by molar-refractivity contribution is -0.143. The normalized spacial score (nSPS) is 40.5. The fourth-order valence-electron chi connectivity index (χ4n) is 5.11. The predicted octanol–water partition coefficient (Wildman–Crippen LogP) is 3.27. The van der Waals surface area contributed by atoms with Gasteiger partial charge in [0.15, 0.2) is 0 Å². The van der Waals surface area contributed by atoms with E-state index in [-0.39, 0.29) is 5.41 Å². The fraction of sp³-hybridized carbons (Fsp3) is 0.929. The molecule has 0 aromatic carbocycles. The van der Waals surface area contributed by atoms with E-state index in [0.717, 1.165) is 37.0 Å². The number of amides is 1. The summed E-state index contributed by atoms with van der Waals surface area (Å²) in [5.41, 5.74) is 0.0183. The van der Waals surface area contributed by atoms with Crippen molar-refractivity contribution in [2.24, 2.45) is 23.2 Å². The molecule has 5 heteroatoms. The molecular formula is C14H20F3NO. The van der Waals surface area contributed by atoms with Crippen molar-refractivity contribution in [1.29, 1.82) is 0 Å². The monoisotopic (exact) mass is 275 g/mol. The van der Waals surface area contributed by atoms with Crippen molar-refractivity contribution in [3.63, 3.8) is 0 Å². The largest absolute Gasteiger partial charge is 0.405 e. The number of nitrogens with one attached hydrogen (secondary N) is 1. The van der Waals surface area contributed by atoms with Crippen LogP contribution in [0.15, 0.2) is 0 Å². The van der Waals surface area contributed by atoms with E-state index in [9.17, 15) is 18.0 Å². The van der Waals surface area contributed by atoms with E-state index in [2.05, 4.69) is 0 Å². The van der Waals surface area contributed by atoms with Crippen LogP contribution in [-0.2, 0) is 4.79 Å². The van der Waals surface area contributed by atoms with Crippen LogP contribution in [0.25, 0.3) is 0 Å². The number of carbonyl (C=O) groups is 1. The number of carbonyl (C=O) groups excluding carboxylic acids is 1. The Morgan fingerprint density at radius 3 is 1.95 bits per heavy atom. The molecular weight excluding hydrogens is 255 g/mol. The third-order valence-corrected chi connectivity index (χ3v) is 5.19. The SMILES string of the molecule is O=C(CC12CC3CC(CC(C3)C1)C2)NCC(F)(F)F. The molecule has 0 radical (unpaired) electrons. The molecule has 1 amide bonds. The first-order valence-corrected chi connectivity index (χ1v) is 7.17. The molecule has 0 aliphatic heterocycles. The second-order valence-corrected chi connectivity index (χ2v) is 6.99. The van der Waals surface area contributed by atoms with Gasteiger partial charge in [0.1, 0.15) is 6.54 Å². The minimum absolute atomic E-state index is 0.0183. The second-order valence-electron chi connectivity index (χ2n) is 6.99. The van der Waals surface area contributed by atoms with Crippen LogP contribution < -0.4 is 5.32 Å². The lowest BCUT2D eigenvalue weighted by atomic mass is 9.49. The zero-order valence-corrected chi connectivity index (χ0v) is 10.9. The standard InChI is InChI=1S/C14H20F3NO/c15-14(16,17)8-18-12(19)7-13-4-9-1-10(5-13)3-11(2-9)6-13/h9-11H,1-8H2,(H,18,19). The number of hydrogen-bond acceptors (Lipinski definition) is 1. The van der Waals surface area contributed by atoms with E-state index in [1.165, 1.54) is 19.3 Å². The minimum atomic E-state index is -4.31. The lowest BCUT2D eigenvalue weighted by Crippen LogP contribution is -2.48. The Hall–Kier alpha value is -0.740. The molecule has 4 bridgehead atoms. The molecule has 0 aromatic heterocycles. The second kappa shape index (κ2) is 4.38. The van der Waals surface area contributed by atoms with Crippen LogP contribution >= 0.6 is 0 Å². The van der Waals surface area contributed by atoms with Crippen molar-refractivity contribution in [3.05, 3.63) is 0 Å². The van der Waals surface area contributed by atoms with Crippen LogP contribution in [0.3, 0.4) is 0 Å². The first-order valence-electron chi connectivity index (χ1n) is 7.17. The van der Waals surface area contributed by atoms with E-state index in [1.807, 2.05) is 5.32 Å². The molecule has 0 atom stereocenters. The highest BCUT2D eigenvalue weighted by molar-refractivity contribution is 5.76. The van der Waals surface area contributed by atoms with Crippen LogP contribution in [0.2, 0.25) is 0 Å². The van der Waals surface area contributed by atoms with Gasteiger partial charge in [0.2, 0.25) is 5.91 Å². The summed E-state index contributed by atoms with van der Waals surface area (Å²) in [6, 6.07) is 0. The van der Waals surface area contributed by atoms with Gasteiger partial charge in [-0.05, 0) is 61.7 Å². The average Bonchev–Trinajstić information content (AvgIpc) is 2.22. The third-order valence-electron chi connectivity index (χ3n) is 5.19. The summed E-state index contributed by atoms with van der Waals surface area (Å²) in [5, 5.41) is 2.03. The maximum atomic E-state index is 12.1. The van der Waals surface area contributed by atoms with Crippen LogP contribution in [0.4, 0.5) is 13.2 Å². The molecule has 19 heavy (non-hydrogen) atoms. The van der Waals surface area contributed by atoms with Gasteiger partial charge in [-0.25, -0.2) is 0 Å². The molecule has 108 valence electrons. The Morgan fingerprint density at radius 2 is 1.53 bits per heavy atom. The zero-order valence-electron chi connectivity index (χ0n) is 10.9. The van der Waals surface area contributed by atoms with Crippen molar-refractivity contribution in [2.45, 2.75) is 51.1 Å². The lowest BCUT2D eigenvalue weighted by Gasteiger charge is -2.56. The zero-order chi connectivity index (χ0) is 13.7. The molecule has 0 saturated heterocycles. The quantitative estimate of drug-likeness (QED) is 0.841. The summed E-state index contributed by atoms with van der Waals surface area (Å²) in [4.78, 5) is 11.8. The van der Waals surface area contributed by atoms with Gasteiger partial charge in [-0.3, -0.25) is 4.79 Å². The maximum absolute atomic E-state index is 12.1. The Bertz CT molecular complexity index is 342. The summed E-state index contributed by atoms with van der Waals surface area (Å²) >= 11 is 0. The molecule has 2 nitrogen and oxygen atoms in total. The van der Waals surface area contributed by atoms with Gasteiger partial charge in [0, 0.05) is 6.42 Å². The summed E-state index contributed by atoms with van der Waals surface area (Å²) < 4.78 is 36.3. The summed E-state index contributed by atoms with van der Waals surface area (Å²) in [6.07, 6.45) is 3.00. The number of hydrogen-bond donors (Lipinski definition) is 1. The molecule has 0 heterocycles. The first kappa shape index (κ1) is 13.3. The number of rotatable bonds is 3. The van der Waals surface area contributed by atoms with Gasteiger partial charge in [0.25, 0.3) is 0 Å². The first-order chi connectivity index (χ1) is 8.84. The summed E-state index contributed by atoms with van der Waals surface area (Å²) in [5.74, 6) is 1.75. The van der Waals surface area contributed by atoms with E-state index >= 15 is 0 Å². The highest BCUT2D eigenvalue weighted by Gasteiger charge is 2.51. The van der Waals surface area contributed by atoms with Gasteiger partial charge in [-0.15, -0.1) is 0 Å². The smallest absolute Gasteiger partial charge is 0.347 e. The Morgan fingerprint density at radius 1 is 1.05 bits per heavy atom. The van der Waals surface area contributed by atoms with E-state index in [1.54, 1.807) is 0 Å². The van der Waals surface area contributed by atoms with Gasteiger partial charge < -0.3 is 5.32 Å². The van der Waals surface area contributed by atoms with Gasteiger partial charge in [0.05, 0.1) is 0 Å². The van der Waals surface area contributed by atoms with Crippen molar-refractivity contribution in [1.82, 2.24) is 5.32 Å². The topological polar surface area (TPSA) is 29.1 Å². The average molecular weight is 275 g/mol. The van der Waals surface area contributed by atoms with Crippen molar-refractivity contribution >= 4 is 5.91 Å². The molecule has 4 rings (SSSR count). The number of alkyl halides is 3. The van der Waals surface area contributed by atoms with Crippen LogP contribution in [-0.4, -0.2) is 18.6 Å². The minimum Gasteiger partial charge on any atom is -0.347 e. The maximum Gasteiger partial charge on any atom is 0.405 e. The van der Waals surface area contributed by atoms with Gasteiger partial charge >= 0.3 is 6.18 Å². The third kappa shape index (κ3) is 2.90. The highest BCUT2D eigenvalue weighted by Crippen LogP contribution is 2.61. The molecule has 4 aliphatic rings. The molecule has 0 unspecified atom stereocenters. The Kier molecular flexibility index (Phi) is 3.06. The van der Waals surface area contributed by atoms with E-state index in [0.29, 0.717) is 6.42 Å². The molecule has 0 aromatic rings. The molecule has 4 aliphatic carbocycles. The van der Waals surface area contributed by atoms with Crippen molar-refractivity contribution in [2.75, 3.05) is 6.54 Å². The molecule has 4 saturated carbocycles. The van der Waals surface area contributed by atoms with Gasteiger partial charge in [-0.2, -0.15) is 13.2 Å². The summed E-state index contributed by atoms with van der Waals surface area (Å²) in [7, 11) is 0. The number of halogens is 3. The van der Waals surface area contributed by atoms with Crippen LogP contribution in [0.5, 0.6) is 0 Å². The van der Waals surface area contributed by atoms with Crippen LogP contribution in [0.1, 0.15) is 44.9 Å². The molecule has 0 spiro atoms. The summed E-state index contributed by atoms with van der Waals surface area (Å²) in [6.45, 7) is -1.20. The van der Waals surface area contributed by atoms with E-state index < -0.39 is 18.6 Å². The van der Waals surface area contributed by atoms with E-state index in [4.69, 9.17) is 0 Å². The van der Waals surface area contributed by atoms with Crippen molar-refractivity contribution < 1.29 is 18.0 Å². The Labute approximate surface area is 111 Å². The molecule has 1 N–H and O–H groups in total.